The fraction of sp³-hybridized carbons (Fsp3) is 0.625. The fourth-order valence-electron chi connectivity index (χ4n) is 0.804. The molecule has 0 aliphatic carbocycles. The third-order valence-electron chi connectivity index (χ3n) is 1.79. The van der Waals surface area contributed by atoms with Gasteiger partial charge in [-0.1, -0.05) is 6.08 Å². The fourth-order valence-corrected chi connectivity index (χ4v) is 0.804. The van der Waals surface area contributed by atoms with Crippen molar-refractivity contribution in [3.8, 4) is 0 Å². The molecule has 2 unspecified atom stereocenters. The van der Waals surface area contributed by atoms with Gasteiger partial charge in [0.15, 0.2) is 11.4 Å². The van der Waals surface area contributed by atoms with E-state index in [4.69, 9.17) is 5.11 Å². The quantitative estimate of drug-likeness (QED) is 0.478. The number of rotatable bonds is 5. The van der Waals surface area contributed by atoms with Gasteiger partial charge in [-0.3, -0.25) is 4.79 Å². The third kappa shape index (κ3) is 2.14. The van der Waals surface area contributed by atoms with E-state index in [1.54, 1.807) is 0 Å². The highest BCUT2D eigenvalue weighted by Gasteiger charge is 2.39. The van der Waals surface area contributed by atoms with Gasteiger partial charge in [-0.15, -0.1) is 6.58 Å². The van der Waals surface area contributed by atoms with Gasteiger partial charge in [0.05, 0.1) is 12.7 Å². The number of aliphatic hydroxyl groups is 3. The monoisotopic (exact) mass is 174 g/mol. The maximum atomic E-state index is 10.8. The van der Waals surface area contributed by atoms with Crippen LogP contribution in [-0.4, -0.2) is 39.4 Å². The van der Waals surface area contributed by atoms with Crippen LogP contribution in [0.3, 0.4) is 0 Å². The molecule has 3 N–H and O–H groups in total. The van der Waals surface area contributed by atoms with Gasteiger partial charge >= 0.3 is 0 Å². The predicted molar refractivity (Wildman–Crippen MR) is 43.5 cm³/mol. The first-order valence-corrected chi connectivity index (χ1v) is 3.62. The van der Waals surface area contributed by atoms with Crippen molar-refractivity contribution in [1.29, 1.82) is 0 Å². The molecule has 70 valence electrons. The first-order chi connectivity index (χ1) is 5.49. The molecular formula is C8H14O4. The number of ketones is 1. The largest absolute Gasteiger partial charge is 0.393 e. The van der Waals surface area contributed by atoms with Crippen LogP contribution in [0, 0.1) is 0 Å². The van der Waals surface area contributed by atoms with Gasteiger partial charge in [0.2, 0.25) is 0 Å². The van der Waals surface area contributed by atoms with Crippen LogP contribution in [0.5, 0.6) is 0 Å². The first-order valence-electron chi connectivity index (χ1n) is 3.62. The van der Waals surface area contributed by atoms with E-state index in [-0.39, 0.29) is 6.42 Å². The molecule has 0 bridgehead atoms. The van der Waals surface area contributed by atoms with Crippen LogP contribution in [0.1, 0.15) is 13.3 Å². The van der Waals surface area contributed by atoms with Crippen LogP contribution in [0.2, 0.25) is 0 Å². The first kappa shape index (κ1) is 11.3. The van der Waals surface area contributed by atoms with Crippen LogP contribution in [0.25, 0.3) is 0 Å². The summed E-state index contributed by atoms with van der Waals surface area (Å²) in [5.74, 6) is -0.653. The van der Waals surface area contributed by atoms with Gasteiger partial charge in [0, 0.05) is 0 Å². The summed E-state index contributed by atoms with van der Waals surface area (Å²) in [6.45, 7) is 3.68. The molecule has 0 aromatic rings. The number of hydrogen-bond acceptors (Lipinski definition) is 4. The summed E-state index contributed by atoms with van der Waals surface area (Å²) >= 11 is 0. The number of aliphatic hydroxyl groups excluding tert-OH is 2. The lowest BCUT2D eigenvalue weighted by Crippen LogP contribution is -2.51. The minimum absolute atomic E-state index is 0.0661. The van der Waals surface area contributed by atoms with Crippen LogP contribution >= 0.6 is 0 Å². The Hall–Kier alpha value is -0.710. The normalized spacial score (nSPS) is 18.0. The summed E-state index contributed by atoms with van der Waals surface area (Å²) in [6.07, 6.45) is 0.141. The highest BCUT2D eigenvalue weighted by Crippen LogP contribution is 2.14. The van der Waals surface area contributed by atoms with E-state index < -0.39 is 24.1 Å². The highest BCUT2D eigenvalue weighted by atomic mass is 16.4. The summed E-state index contributed by atoms with van der Waals surface area (Å²) in [7, 11) is 0. The lowest BCUT2D eigenvalue weighted by molar-refractivity contribution is -0.154. The van der Waals surface area contributed by atoms with Crippen LogP contribution in [0.15, 0.2) is 12.7 Å². The summed E-state index contributed by atoms with van der Waals surface area (Å²) in [5.41, 5.74) is -2.05. The lowest BCUT2D eigenvalue weighted by atomic mass is 9.91. The molecule has 0 saturated heterocycles. The minimum atomic E-state index is -2.05. The van der Waals surface area contributed by atoms with E-state index >= 15 is 0 Å². The second-order valence-corrected chi connectivity index (χ2v) is 2.68. The smallest absolute Gasteiger partial charge is 0.171 e. The van der Waals surface area contributed by atoms with Crippen molar-refractivity contribution in [1.82, 2.24) is 0 Å². The second-order valence-electron chi connectivity index (χ2n) is 2.68. The van der Waals surface area contributed by atoms with Crippen LogP contribution < -0.4 is 0 Å². The maximum absolute atomic E-state index is 10.8. The summed E-state index contributed by atoms with van der Waals surface area (Å²) in [4.78, 5) is 10.8. The average molecular weight is 174 g/mol. The molecule has 4 nitrogen and oxygen atoms in total. The van der Waals surface area contributed by atoms with E-state index in [0.717, 1.165) is 6.92 Å². The lowest BCUT2D eigenvalue weighted by Gasteiger charge is -2.27. The zero-order valence-corrected chi connectivity index (χ0v) is 7.03. The molecule has 0 aromatic carbocycles. The Balaban J connectivity index is 4.50. The predicted octanol–water partition coefficient (Wildman–Crippen LogP) is -0.764. The van der Waals surface area contributed by atoms with Gasteiger partial charge in [0.25, 0.3) is 0 Å². The Kier molecular flexibility index (Phi) is 4.09. The Morgan fingerprint density at radius 2 is 2.25 bits per heavy atom. The molecule has 0 saturated carbocycles. The molecule has 0 heterocycles. The van der Waals surface area contributed by atoms with Crippen LogP contribution in [0.4, 0.5) is 0 Å². The van der Waals surface area contributed by atoms with Gasteiger partial charge in [-0.25, -0.2) is 0 Å². The molecule has 0 aliphatic heterocycles. The zero-order chi connectivity index (χ0) is 9.78. The molecule has 4 heteroatoms. The minimum Gasteiger partial charge on any atom is -0.393 e. The van der Waals surface area contributed by atoms with Gasteiger partial charge in [0.1, 0.15) is 0 Å². The Labute approximate surface area is 71.1 Å². The van der Waals surface area contributed by atoms with E-state index in [0.29, 0.717) is 0 Å². The Bertz CT molecular complexity index is 178. The Morgan fingerprint density at radius 3 is 2.50 bits per heavy atom. The summed E-state index contributed by atoms with van der Waals surface area (Å²) < 4.78 is 0. The van der Waals surface area contributed by atoms with E-state index in [1.807, 2.05) is 0 Å². The number of carbonyl (C=O) groups is 1. The third-order valence-corrected chi connectivity index (χ3v) is 1.79. The maximum Gasteiger partial charge on any atom is 0.171 e. The molecule has 0 fully saturated rings. The van der Waals surface area contributed by atoms with Gasteiger partial charge in [-0.05, 0) is 13.3 Å². The standard InChI is InChI=1S/C8H14O4/c1-3-4-7(11)8(12,5-9)6(2)10/h3,7,9,11-12H,1,4-5H2,2H3. The Morgan fingerprint density at radius 1 is 1.75 bits per heavy atom. The summed E-state index contributed by atoms with van der Waals surface area (Å²) in [6, 6.07) is 0. The number of carbonyl (C=O) groups excluding carboxylic acids is 1. The SMILES string of the molecule is C=CCC(O)C(O)(CO)C(C)=O. The van der Waals surface area contributed by atoms with Crippen molar-refractivity contribution in [3.05, 3.63) is 12.7 Å². The molecule has 2 atom stereocenters. The molecule has 0 aliphatic rings. The van der Waals surface area contributed by atoms with E-state index in [9.17, 15) is 15.0 Å². The summed E-state index contributed by atoms with van der Waals surface area (Å²) in [5, 5.41) is 27.3. The topological polar surface area (TPSA) is 77.8 Å². The molecule has 0 spiro atoms. The van der Waals surface area contributed by atoms with E-state index in [1.165, 1.54) is 6.08 Å². The zero-order valence-electron chi connectivity index (χ0n) is 7.03. The highest BCUT2D eigenvalue weighted by molar-refractivity contribution is 5.85. The molecule has 0 radical (unpaired) electrons. The van der Waals surface area contributed by atoms with Crippen molar-refractivity contribution in [2.45, 2.75) is 25.0 Å². The van der Waals surface area contributed by atoms with Crippen molar-refractivity contribution >= 4 is 5.78 Å². The average Bonchev–Trinajstić information content (AvgIpc) is 2.03. The van der Waals surface area contributed by atoms with Crippen molar-refractivity contribution in [3.63, 3.8) is 0 Å². The molecule has 0 aromatic heterocycles. The van der Waals surface area contributed by atoms with Crippen molar-refractivity contribution in [2.75, 3.05) is 6.61 Å². The van der Waals surface area contributed by atoms with Crippen LogP contribution in [-0.2, 0) is 4.79 Å². The molecular weight excluding hydrogens is 160 g/mol. The molecule has 12 heavy (non-hydrogen) atoms. The second kappa shape index (κ2) is 4.35. The van der Waals surface area contributed by atoms with Crippen molar-refractivity contribution < 1.29 is 20.1 Å². The molecule has 0 amide bonds. The van der Waals surface area contributed by atoms with Gasteiger partial charge in [-0.2, -0.15) is 0 Å². The van der Waals surface area contributed by atoms with Gasteiger partial charge < -0.3 is 15.3 Å². The number of Topliss-reactive ketones (excluding diaryl/α,β-unsaturated/α-hetero) is 1. The molecule has 0 rings (SSSR count). The van der Waals surface area contributed by atoms with E-state index in [2.05, 4.69) is 6.58 Å². The van der Waals surface area contributed by atoms with Crippen molar-refractivity contribution in [2.24, 2.45) is 0 Å². The number of hydrogen-bond donors (Lipinski definition) is 3.